The molecule has 2 atom stereocenters. The summed E-state index contributed by atoms with van der Waals surface area (Å²) in [4.78, 5) is 12.7. The molecule has 0 saturated carbocycles. The molecule has 0 saturated heterocycles. The fraction of sp³-hybridized carbons (Fsp3) is 0.269. The van der Waals surface area contributed by atoms with Gasteiger partial charge in [0.1, 0.15) is 24.2 Å². The maximum atomic E-state index is 12.7. The number of aliphatic hydroxyl groups is 2. The van der Waals surface area contributed by atoms with Crippen LogP contribution in [0.1, 0.15) is 23.7 Å². The van der Waals surface area contributed by atoms with Crippen molar-refractivity contribution in [3.05, 3.63) is 90.0 Å². The maximum absolute atomic E-state index is 12.7. The Kier molecular flexibility index (Phi) is 9.11. The molecule has 1 amide bonds. The van der Waals surface area contributed by atoms with Crippen LogP contribution in [0.5, 0.6) is 11.5 Å². The average Bonchev–Trinajstić information content (AvgIpc) is 2.83. The number of carbonyl (C=O) groups excluding carboxylic acids is 1. The molecule has 0 heterocycles. The van der Waals surface area contributed by atoms with Gasteiger partial charge in [0, 0.05) is 18.7 Å². The molecule has 3 rings (SSSR count). The van der Waals surface area contributed by atoms with Crippen LogP contribution in [-0.4, -0.2) is 42.2 Å². The second-order valence-corrected chi connectivity index (χ2v) is 7.44. The Balaban J connectivity index is 1.83. The monoisotopic (exact) mass is 451 g/mol. The second-order valence-electron chi connectivity index (χ2n) is 7.44. The molecule has 0 aliphatic heterocycles. The molecule has 3 aromatic rings. The summed E-state index contributed by atoms with van der Waals surface area (Å²) in [5.74, 6) is 1.18. The first-order valence-electron chi connectivity index (χ1n) is 10.8. The normalized spacial score (nSPS) is 12.5. The van der Waals surface area contributed by atoms with Crippen molar-refractivity contribution in [3.63, 3.8) is 0 Å². The van der Waals surface area contributed by atoms with Crippen LogP contribution in [0.3, 0.4) is 0 Å². The van der Waals surface area contributed by atoms with Crippen molar-refractivity contribution >= 4 is 11.8 Å². The van der Waals surface area contributed by atoms with Gasteiger partial charge in [-0.25, -0.2) is 4.79 Å². The minimum Gasteiger partial charge on any atom is -0.491 e. The van der Waals surface area contributed by atoms with E-state index in [2.05, 4.69) is 5.32 Å². The third kappa shape index (κ3) is 7.52. The van der Waals surface area contributed by atoms with Crippen LogP contribution >= 0.6 is 0 Å². The molecule has 7 heteroatoms. The van der Waals surface area contributed by atoms with E-state index in [-0.39, 0.29) is 26.2 Å². The number of hydrogen-bond acceptors (Lipinski definition) is 6. The highest BCUT2D eigenvalue weighted by molar-refractivity contribution is 5.84. The number of rotatable bonds is 11. The minimum atomic E-state index is -0.797. The van der Waals surface area contributed by atoms with Gasteiger partial charge in [-0.3, -0.25) is 5.32 Å². The predicted octanol–water partition coefficient (Wildman–Crippen LogP) is 4.49. The van der Waals surface area contributed by atoms with E-state index in [1.807, 2.05) is 37.3 Å². The standard InChI is InChI=1S/C26H29NO6/c1-19-7-11-21(12-8-19)27-26(30)33-25(20-9-13-22(14-10-20)31-18-17-29)24(15-16-28)32-23-5-3-2-4-6-23/h2-14,24-25,28-29H,15-18H2,1H3,(H,27,30)/t24-,25-/m1/s1. The van der Waals surface area contributed by atoms with Crippen LogP contribution < -0.4 is 14.8 Å². The predicted molar refractivity (Wildman–Crippen MR) is 126 cm³/mol. The largest absolute Gasteiger partial charge is 0.491 e. The second kappa shape index (κ2) is 12.5. The number of nitrogens with one attached hydrogen (secondary N) is 1. The van der Waals surface area contributed by atoms with Crippen molar-refractivity contribution in [1.82, 2.24) is 0 Å². The first kappa shape index (κ1) is 24.1. The number of anilines is 1. The zero-order valence-electron chi connectivity index (χ0n) is 18.5. The van der Waals surface area contributed by atoms with Gasteiger partial charge in [0.15, 0.2) is 6.10 Å². The van der Waals surface area contributed by atoms with Gasteiger partial charge in [0.2, 0.25) is 0 Å². The van der Waals surface area contributed by atoms with E-state index in [1.54, 1.807) is 48.5 Å². The number of benzene rings is 3. The molecule has 0 unspecified atom stereocenters. The lowest BCUT2D eigenvalue weighted by atomic mass is 10.0. The molecule has 174 valence electrons. The Morgan fingerprint density at radius 2 is 1.58 bits per heavy atom. The Morgan fingerprint density at radius 3 is 2.21 bits per heavy atom. The van der Waals surface area contributed by atoms with Crippen molar-refractivity contribution in [3.8, 4) is 11.5 Å². The smallest absolute Gasteiger partial charge is 0.412 e. The summed E-state index contributed by atoms with van der Waals surface area (Å²) in [5, 5.41) is 21.4. The lowest BCUT2D eigenvalue weighted by Gasteiger charge is -2.28. The molecule has 0 aromatic heterocycles. The highest BCUT2D eigenvalue weighted by atomic mass is 16.6. The zero-order valence-corrected chi connectivity index (χ0v) is 18.5. The van der Waals surface area contributed by atoms with E-state index < -0.39 is 18.3 Å². The van der Waals surface area contributed by atoms with Crippen LogP contribution in [0, 0.1) is 6.92 Å². The molecule has 0 aliphatic rings. The van der Waals surface area contributed by atoms with Crippen LogP contribution in [0.15, 0.2) is 78.9 Å². The van der Waals surface area contributed by atoms with Gasteiger partial charge in [0.25, 0.3) is 0 Å². The fourth-order valence-corrected chi connectivity index (χ4v) is 3.25. The number of aliphatic hydroxyl groups excluding tert-OH is 2. The van der Waals surface area contributed by atoms with E-state index in [0.717, 1.165) is 5.56 Å². The van der Waals surface area contributed by atoms with E-state index >= 15 is 0 Å². The van der Waals surface area contributed by atoms with E-state index in [0.29, 0.717) is 22.7 Å². The van der Waals surface area contributed by atoms with Gasteiger partial charge in [0.05, 0.1) is 6.61 Å². The summed E-state index contributed by atoms with van der Waals surface area (Å²) in [7, 11) is 0. The van der Waals surface area contributed by atoms with Crippen molar-refractivity contribution in [1.29, 1.82) is 0 Å². The number of hydrogen-bond donors (Lipinski definition) is 3. The topological polar surface area (TPSA) is 97.3 Å². The maximum Gasteiger partial charge on any atom is 0.412 e. The van der Waals surface area contributed by atoms with Crippen molar-refractivity contribution in [2.45, 2.75) is 25.6 Å². The third-order valence-electron chi connectivity index (χ3n) is 4.88. The molecular formula is C26H29NO6. The summed E-state index contributed by atoms with van der Waals surface area (Å²) in [5.41, 5.74) is 2.37. The molecule has 3 aromatic carbocycles. The lowest BCUT2D eigenvalue weighted by molar-refractivity contribution is 0.00906. The molecule has 3 N–H and O–H groups in total. The average molecular weight is 452 g/mol. The summed E-state index contributed by atoms with van der Waals surface area (Å²) in [6, 6.07) is 23.6. The third-order valence-corrected chi connectivity index (χ3v) is 4.88. The van der Waals surface area contributed by atoms with Crippen LogP contribution in [-0.2, 0) is 4.74 Å². The molecule has 0 fully saturated rings. The number of carbonyl (C=O) groups is 1. The highest BCUT2D eigenvalue weighted by Crippen LogP contribution is 2.29. The number of amides is 1. The molecule has 0 radical (unpaired) electrons. The molecule has 0 spiro atoms. The molecule has 0 bridgehead atoms. The van der Waals surface area contributed by atoms with Gasteiger partial charge >= 0.3 is 6.09 Å². The summed E-state index contributed by atoms with van der Waals surface area (Å²) >= 11 is 0. The Bertz CT molecular complexity index is 976. The SMILES string of the molecule is Cc1ccc(NC(=O)O[C@H](c2ccc(OCCO)cc2)[C@@H](CCO)Oc2ccccc2)cc1. The van der Waals surface area contributed by atoms with Crippen molar-refractivity contribution in [2.24, 2.45) is 0 Å². The molecule has 7 nitrogen and oxygen atoms in total. The lowest BCUT2D eigenvalue weighted by Crippen LogP contribution is -2.31. The highest BCUT2D eigenvalue weighted by Gasteiger charge is 2.29. The van der Waals surface area contributed by atoms with Crippen LogP contribution in [0.2, 0.25) is 0 Å². The molecule has 0 aliphatic carbocycles. The zero-order chi connectivity index (χ0) is 23.5. The van der Waals surface area contributed by atoms with Crippen molar-refractivity contribution in [2.75, 3.05) is 25.1 Å². The van der Waals surface area contributed by atoms with Crippen LogP contribution in [0.4, 0.5) is 10.5 Å². The van der Waals surface area contributed by atoms with Gasteiger partial charge < -0.3 is 24.4 Å². The van der Waals surface area contributed by atoms with Gasteiger partial charge in [-0.05, 0) is 48.9 Å². The van der Waals surface area contributed by atoms with Crippen LogP contribution in [0.25, 0.3) is 0 Å². The van der Waals surface area contributed by atoms with E-state index in [1.165, 1.54) is 0 Å². The quantitative estimate of drug-likeness (QED) is 0.398. The number of para-hydroxylation sites is 1. The summed E-state index contributed by atoms with van der Waals surface area (Å²) in [6.07, 6.45) is -1.82. The van der Waals surface area contributed by atoms with Gasteiger partial charge in [-0.1, -0.05) is 48.0 Å². The Labute approximate surface area is 193 Å². The van der Waals surface area contributed by atoms with Gasteiger partial charge in [-0.2, -0.15) is 0 Å². The first-order valence-corrected chi connectivity index (χ1v) is 10.8. The number of ether oxygens (including phenoxy) is 3. The summed E-state index contributed by atoms with van der Waals surface area (Å²) < 4.78 is 17.3. The first-order chi connectivity index (χ1) is 16.1. The summed E-state index contributed by atoms with van der Waals surface area (Å²) in [6.45, 7) is 1.92. The fourth-order valence-electron chi connectivity index (χ4n) is 3.25. The van der Waals surface area contributed by atoms with E-state index in [9.17, 15) is 9.90 Å². The minimum absolute atomic E-state index is 0.0871. The molecular weight excluding hydrogens is 422 g/mol. The number of aryl methyl sites for hydroxylation is 1. The molecule has 33 heavy (non-hydrogen) atoms. The Morgan fingerprint density at radius 1 is 0.879 bits per heavy atom. The van der Waals surface area contributed by atoms with E-state index in [4.69, 9.17) is 19.3 Å². The van der Waals surface area contributed by atoms with Crippen molar-refractivity contribution < 1.29 is 29.2 Å². The van der Waals surface area contributed by atoms with Gasteiger partial charge in [-0.15, -0.1) is 0 Å². The Hall–Kier alpha value is -3.55.